The number of hydrogen-bond donors (Lipinski definition) is 0. The van der Waals surface area contributed by atoms with E-state index in [1.54, 1.807) is 0 Å². The maximum atomic E-state index is 12.1. The van der Waals surface area contributed by atoms with Crippen molar-refractivity contribution in [2.75, 3.05) is 26.4 Å². The number of fused-ring (bicyclic) bond motifs is 4. The van der Waals surface area contributed by atoms with E-state index in [1.165, 1.54) is 13.8 Å². The minimum Gasteiger partial charge on any atom is -0.489 e. The third-order valence-electron chi connectivity index (χ3n) is 8.67. The van der Waals surface area contributed by atoms with Crippen molar-refractivity contribution in [3.63, 3.8) is 0 Å². The Morgan fingerprint density at radius 3 is 1.08 bits per heavy atom. The van der Waals surface area contributed by atoms with Crippen LogP contribution in [0, 0.1) is 0 Å². The number of hydrogen-bond acceptors (Lipinski definition) is 8. The molecule has 52 heavy (non-hydrogen) atoms. The maximum absolute atomic E-state index is 12.1. The zero-order valence-corrected chi connectivity index (χ0v) is 29.0. The standard InChI is InChI=1S/C44H38O8/c1-29(45)51-33(25-47-41-23-11-15-31-13-3-5-17-35(31)41)27-49-43-37-19-7-9-21-39(37)44(40-22-10-8-20-38(40)43)50-28-34(52-30(2)46)26-48-42-24-12-16-32-14-4-6-18-36(32)42/h3-24,33-34H,25-28H2,1-2H3. The molecule has 0 amide bonds. The van der Waals surface area contributed by atoms with Crippen LogP contribution in [0.5, 0.6) is 23.0 Å². The Bertz CT molecular complexity index is 2130. The Labute approximate surface area is 301 Å². The van der Waals surface area contributed by atoms with Crippen LogP contribution in [-0.2, 0) is 19.1 Å². The van der Waals surface area contributed by atoms with E-state index in [4.69, 9.17) is 28.4 Å². The minimum absolute atomic E-state index is 0.0541. The first kappa shape index (κ1) is 34.2. The fourth-order valence-electron chi connectivity index (χ4n) is 6.42. The number of carbonyl (C=O) groups is 2. The van der Waals surface area contributed by atoms with Gasteiger partial charge < -0.3 is 28.4 Å². The lowest BCUT2D eigenvalue weighted by molar-refractivity contribution is -0.150. The molecule has 8 heteroatoms. The monoisotopic (exact) mass is 694 g/mol. The lowest BCUT2D eigenvalue weighted by Gasteiger charge is -2.23. The highest BCUT2D eigenvalue weighted by atomic mass is 16.6. The van der Waals surface area contributed by atoms with Crippen LogP contribution in [0.3, 0.4) is 0 Å². The molecule has 0 heterocycles. The predicted molar refractivity (Wildman–Crippen MR) is 202 cm³/mol. The first-order valence-corrected chi connectivity index (χ1v) is 17.2. The summed E-state index contributed by atoms with van der Waals surface area (Å²) in [6.45, 7) is 3.05. The molecule has 0 aliphatic heterocycles. The van der Waals surface area contributed by atoms with E-state index >= 15 is 0 Å². The van der Waals surface area contributed by atoms with Gasteiger partial charge in [-0.3, -0.25) is 9.59 Å². The molecular formula is C44H38O8. The Morgan fingerprint density at radius 2 is 0.712 bits per heavy atom. The highest BCUT2D eigenvalue weighted by molar-refractivity contribution is 6.11. The molecule has 0 spiro atoms. The summed E-state index contributed by atoms with van der Waals surface area (Å²) in [5.41, 5.74) is 0. The van der Waals surface area contributed by atoms with Crippen LogP contribution < -0.4 is 18.9 Å². The number of ether oxygens (including phenoxy) is 6. The molecule has 0 N–H and O–H groups in total. The zero-order valence-electron chi connectivity index (χ0n) is 29.0. The molecule has 0 saturated heterocycles. The third-order valence-corrected chi connectivity index (χ3v) is 8.67. The highest BCUT2D eigenvalue weighted by Gasteiger charge is 2.22. The average Bonchev–Trinajstić information content (AvgIpc) is 3.16. The summed E-state index contributed by atoms with van der Waals surface area (Å²) in [7, 11) is 0. The van der Waals surface area contributed by atoms with E-state index in [9.17, 15) is 9.59 Å². The van der Waals surface area contributed by atoms with Crippen molar-refractivity contribution in [3.8, 4) is 23.0 Å². The lowest BCUT2D eigenvalue weighted by atomic mass is 10.0. The summed E-state index contributed by atoms with van der Waals surface area (Å²) < 4.78 is 36.8. The fraction of sp³-hybridized carbons (Fsp3) is 0.182. The first-order chi connectivity index (χ1) is 25.4. The van der Waals surface area contributed by atoms with E-state index in [0.29, 0.717) is 23.0 Å². The highest BCUT2D eigenvalue weighted by Crippen LogP contribution is 2.43. The van der Waals surface area contributed by atoms with E-state index in [-0.39, 0.29) is 26.4 Å². The molecule has 0 fully saturated rings. The van der Waals surface area contributed by atoms with E-state index in [2.05, 4.69) is 0 Å². The van der Waals surface area contributed by atoms with Gasteiger partial charge in [0.25, 0.3) is 0 Å². The fourth-order valence-corrected chi connectivity index (χ4v) is 6.42. The second-order valence-corrected chi connectivity index (χ2v) is 12.4. The Balaban J connectivity index is 1.13. The van der Waals surface area contributed by atoms with Crippen LogP contribution in [0.2, 0.25) is 0 Å². The van der Waals surface area contributed by atoms with Crippen molar-refractivity contribution >= 4 is 55.0 Å². The van der Waals surface area contributed by atoms with Crippen LogP contribution in [-0.4, -0.2) is 50.6 Å². The van der Waals surface area contributed by atoms with Gasteiger partial charge in [-0.1, -0.05) is 121 Å². The van der Waals surface area contributed by atoms with Gasteiger partial charge in [0.05, 0.1) is 0 Å². The second-order valence-electron chi connectivity index (χ2n) is 12.4. The van der Waals surface area contributed by atoms with Crippen LogP contribution in [0.1, 0.15) is 13.8 Å². The van der Waals surface area contributed by atoms with Gasteiger partial charge in [-0.2, -0.15) is 0 Å². The quantitative estimate of drug-likeness (QED) is 0.0823. The van der Waals surface area contributed by atoms with Crippen LogP contribution in [0.15, 0.2) is 133 Å². The van der Waals surface area contributed by atoms with Gasteiger partial charge in [0.2, 0.25) is 0 Å². The van der Waals surface area contributed by atoms with Gasteiger partial charge >= 0.3 is 11.9 Å². The Morgan fingerprint density at radius 1 is 0.404 bits per heavy atom. The molecule has 7 rings (SSSR count). The van der Waals surface area contributed by atoms with Crippen LogP contribution >= 0.6 is 0 Å². The van der Waals surface area contributed by atoms with E-state index < -0.39 is 24.1 Å². The van der Waals surface area contributed by atoms with E-state index in [1.807, 2.05) is 133 Å². The molecule has 0 saturated carbocycles. The Hall–Kier alpha value is -6.28. The minimum atomic E-state index is -0.684. The van der Waals surface area contributed by atoms with E-state index in [0.717, 1.165) is 43.1 Å². The molecule has 0 aromatic heterocycles. The van der Waals surface area contributed by atoms with Crippen molar-refractivity contribution in [1.82, 2.24) is 0 Å². The van der Waals surface area contributed by atoms with Crippen LogP contribution in [0.25, 0.3) is 43.1 Å². The SMILES string of the molecule is CC(=O)OC(COc1cccc2ccccc12)COc1c2ccccc2c(OCC(COc2cccc3ccccc23)OC(C)=O)c2ccccc12. The van der Waals surface area contributed by atoms with Gasteiger partial charge in [0.1, 0.15) is 49.4 Å². The third kappa shape index (κ3) is 7.71. The van der Waals surface area contributed by atoms with Crippen LogP contribution in [0.4, 0.5) is 0 Å². The topological polar surface area (TPSA) is 89.5 Å². The Kier molecular flexibility index (Phi) is 10.3. The van der Waals surface area contributed by atoms with Gasteiger partial charge in [-0.25, -0.2) is 0 Å². The van der Waals surface area contributed by atoms with Gasteiger partial charge in [0, 0.05) is 46.2 Å². The summed E-state index contributed by atoms with van der Waals surface area (Å²) in [6.07, 6.45) is -1.37. The van der Waals surface area contributed by atoms with Gasteiger partial charge in [-0.15, -0.1) is 0 Å². The molecule has 2 unspecified atom stereocenters. The number of esters is 2. The summed E-state index contributed by atoms with van der Waals surface area (Å²) in [5.74, 6) is 1.78. The predicted octanol–water partition coefficient (Wildman–Crippen LogP) is 9.08. The summed E-state index contributed by atoms with van der Waals surface area (Å²) in [6, 6.07) is 43.2. The van der Waals surface area contributed by atoms with Gasteiger partial charge in [0.15, 0.2) is 12.2 Å². The lowest BCUT2D eigenvalue weighted by Crippen LogP contribution is -2.30. The smallest absolute Gasteiger partial charge is 0.303 e. The molecule has 262 valence electrons. The second kappa shape index (κ2) is 15.7. The molecule has 7 aromatic rings. The number of rotatable bonds is 14. The van der Waals surface area contributed by atoms with Crippen molar-refractivity contribution in [3.05, 3.63) is 133 Å². The van der Waals surface area contributed by atoms with Gasteiger partial charge in [-0.05, 0) is 22.9 Å². The zero-order chi connectivity index (χ0) is 35.9. The normalized spacial score (nSPS) is 12.3. The maximum Gasteiger partial charge on any atom is 0.303 e. The molecule has 0 bridgehead atoms. The van der Waals surface area contributed by atoms with Crippen molar-refractivity contribution in [2.24, 2.45) is 0 Å². The summed E-state index contributed by atoms with van der Waals surface area (Å²) >= 11 is 0. The molecule has 0 aliphatic carbocycles. The van der Waals surface area contributed by atoms with Crippen molar-refractivity contribution < 1.29 is 38.0 Å². The van der Waals surface area contributed by atoms with Crippen molar-refractivity contribution in [2.45, 2.75) is 26.1 Å². The summed E-state index contributed by atoms with van der Waals surface area (Å²) in [4.78, 5) is 24.3. The average molecular weight is 695 g/mol. The summed E-state index contributed by atoms with van der Waals surface area (Å²) in [5, 5.41) is 7.28. The molecule has 2 atom stereocenters. The van der Waals surface area contributed by atoms with Crippen molar-refractivity contribution in [1.29, 1.82) is 0 Å². The molecule has 8 nitrogen and oxygen atoms in total. The molecule has 0 radical (unpaired) electrons. The number of benzene rings is 7. The first-order valence-electron chi connectivity index (χ1n) is 17.2. The largest absolute Gasteiger partial charge is 0.489 e. The molecular weight excluding hydrogens is 656 g/mol. The molecule has 0 aliphatic rings. The molecule has 7 aromatic carbocycles. The number of carbonyl (C=O) groups excluding carboxylic acids is 2.